The van der Waals surface area contributed by atoms with Crippen LogP contribution in [0.15, 0.2) is 18.2 Å². The van der Waals surface area contributed by atoms with Crippen molar-refractivity contribution in [3.63, 3.8) is 0 Å². The Balaban J connectivity index is 2.20. The molecule has 1 aromatic heterocycles. The minimum absolute atomic E-state index is 0.175. The van der Waals surface area contributed by atoms with Gasteiger partial charge in [-0.25, -0.2) is 0 Å². The first kappa shape index (κ1) is 13.0. The Kier molecular flexibility index (Phi) is 3.66. The van der Waals surface area contributed by atoms with Crippen molar-refractivity contribution >= 4 is 5.97 Å². The summed E-state index contributed by atoms with van der Waals surface area (Å²) in [7, 11) is 0. The van der Waals surface area contributed by atoms with Crippen molar-refractivity contribution in [2.75, 3.05) is 6.54 Å². The smallest absolute Gasteiger partial charge is 0.311 e. The van der Waals surface area contributed by atoms with Gasteiger partial charge in [-0.2, -0.15) is 0 Å². The Hall–Kier alpha value is -1.42. The average Bonchev–Trinajstić information content (AvgIpc) is 3.11. The molecule has 1 saturated carbocycles. The Labute approximate surface area is 107 Å². The molecule has 2 rings (SSSR count). The van der Waals surface area contributed by atoms with E-state index in [1.807, 2.05) is 25.1 Å². The second-order valence-corrected chi connectivity index (χ2v) is 5.38. The highest BCUT2D eigenvalue weighted by Gasteiger charge is 2.42. The fourth-order valence-electron chi connectivity index (χ4n) is 2.40. The van der Waals surface area contributed by atoms with Crippen LogP contribution in [0.3, 0.4) is 0 Å². The summed E-state index contributed by atoms with van der Waals surface area (Å²) < 4.78 is 0. The fraction of sp³-hybridized carbons (Fsp3) is 0.571. The molecule has 1 unspecified atom stereocenters. The van der Waals surface area contributed by atoms with Crippen molar-refractivity contribution in [2.45, 2.75) is 32.6 Å². The predicted molar refractivity (Wildman–Crippen MR) is 69.1 cm³/mol. The lowest BCUT2D eigenvalue weighted by Crippen LogP contribution is -2.41. The average molecular weight is 248 g/mol. The van der Waals surface area contributed by atoms with Gasteiger partial charge in [0.1, 0.15) is 0 Å². The Morgan fingerprint density at radius 2 is 2.28 bits per heavy atom. The first-order valence-corrected chi connectivity index (χ1v) is 6.42. The molecule has 1 aliphatic rings. The van der Waals surface area contributed by atoms with E-state index in [2.05, 4.69) is 4.98 Å². The zero-order chi connectivity index (χ0) is 13.2. The molecule has 0 amide bonds. The lowest BCUT2D eigenvalue weighted by molar-refractivity contribution is -0.149. The molecule has 0 spiro atoms. The molecule has 1 aromatic rings. The quantitative estimate of drug-likeness (QED) is 0.804. The van der Waals surface area contributed by atoms with Gasteiger partial charge in [-0.3, -0.25) is 9.78 Å². The standard InChI is InChI=1S/C14H20N2O2/c1-10-3-2-4-12(16-10)8-14(9-15,13(17)18)7-11-5-6-11/h2-4,11H,5-9,15H2,1H3,(H,17,18). The molecule has 0 bridgehead atoms. The SMILES string of the molecule is Cc1cccc(CC(CN)(CC2CC2)C(=O)O)n1. The number of hydrogen-bond donors (Lipinski definition) is 2. The molecule has 0 radical (unpaired) electrons. The summed E-state index contributed by atoms with van der Waals surface area (Å²) in [4.78, 5) is 16.0. The third kappa shape index (κ3) is 2.88. The number of rotatable bonds is 6. The van der Waals surface area contributed by atoms with Gasteiger partial charge in [0.25, 0.3) is 0 Å². The first-order valence-electron chi connectivity index (χ1n) is 6.42. The Bertz CT molecular complexity index is 443. The van der Waals surface area contributed by atoms with Gasteiger partial charge in [-0.15, -0.1) is 0 Å². The molecule has 3 N–H and O–H groups in total. The minimum Gasteiger partial charge on any atom is -0.481 e. The number of pyridine rings is 1. The summed E-state index contributed by atoms with van der Waals surface area (Å²) >= 11 is 0. The van der Waals surface area contributed by atoms with Crippen LogP contribution in [0.25, 0.3) is 0 Å². The number of aromatic nitrogens is 1. The Morgan fingerprint density at radius 3 is 2.78 bits per heavy atom. The van der Waals surface area contributed by atoms with Crippen LogP contribution in [0.4, 0.5) is 0 Å². The van der Waals surface area contributed by atoms with Gasteiger partial charge in [0.15, 0.2) is 0 Å². The molecule has 0 aliphatic heterocycles. The number of hydrogen-bond acceptors (Lipinski definition) is 3. The van der Waals surface area contributed by atoms with E-state index in [9.17, 15) is 9.90 Å². The molecular weight excluding hydrogens is 228 g/mol. The molecule has 0 aromatic carbocycles. The maximum absolute atomic E-state index is 11.6. The molecule has 18 heavy (non-hydrogen) atoms. The van der Waals surface area contributed by atoms with E-state index in [0.717, 1.165) is 24.2 Å². The summed E-state index contributed by atoms with van der Waals surface area (Å²) in [5, 5.41) is 9.52. The van der Waals surface area contributed by atoms with Gasteiger partial charge < -0.3 is 10.8 Å². The fourth-order valence-corrected chi connectivity index (χ4v) is 2.40. The number of carboxylic acid groups (broad SMARTS) is 1. The molecule has 98 valence electrons. The van der Waals surface area contributed by atoms with E-state index in [1.54, 1.807) is 0 Å². The van der Waals surface area contributed by atoms with E-state index in [0.29, 0.717) is 18.8 Å². The second-order valence-electron chi connectivity index (χ2n) is 5.38. The van der Waals surface area contributed by atoms with Crippen LogP contribution in [0.2, 0.25) is 0 Å². The molecular formula is C14H20N2O2. The van der Waals surface area contributed by atoms with Crippen molar-refractivity contribution < 1.29 is 9.90 Å². The normalized spacial score (nSPS) is 18.3. The second kappa shape index (κ2) is 5.06. The number of aliphatic carboxylic acids is 1. The maximum Gasteiger partial charge on any atom is 0.311 e. The lowest BCUT2D eigenvalue weighted by atomic mass is 9.78. The van der Waals surface area contributed by atoms with Crippen LogP contribution >= 0.6 is 0 Å². The predicted octanol–water partition coefficient (Wildman–Crippen LogP) is 1.76. The molecule has 1 heterocycles. The molecule has 4 heteroatoms. The molecule has 4 nitrogen and oxygen atoms in total. The largest absolute Gasteiger partial charge is 0.481 e. The number of aryl methyl sites for hydroxylation is 1. The third-order valence-corrected chi connectivity index (χ3v) is 3.69. The van der Waals surface area contributed by atoms with E-state index >= 15 is 0 Å². The number of nitrogens with zero attached hydrogens (tertiary/aromatic N) is 1. The summed E-state index contributed by atoms with van der Waals surface area (Å²) in [5.74, 6) is -0.255. The van der Waals surface area contributed by atoms with Crippen LogP contribution in [-0.2, 0) is 11.2 Å². The monoisotopic (exact) mass is 248 g/mol. The van der Waals surface area contributed by atoms with Crippen LogP contribution < -0.4 is 5.73 Å². The van der Waals surface area contributed by atoms with Crippen molar-refractivity contribution in [1.29, 1.82) is 0 Å². The van der Waals surface area contributed by atoms with Crippen LogP contribution in [0.5, 0.6) is 0 Å². The Morgan fingerprint density at radius 1 is 1.56 bits per heavy atom. The third-order valence-electron chi connectivity index (χ3n) is 3.69. The number of carbonyl (C=O) groups is 1. The van der Waals surface area contributed by atoms with Crippen LogP contribution in [-0.4, -0.2) is 22.6 Å². The highest BCUT2D eigenvalue weighted by molar-refractivity contribution is 5.75. The maximum atomic E-state index is 11.6. The zero-order valence-corrected chi connectivity index (χ0v) is 10.7. The van der Waals surface area contributed by atoms with Crippen molar-refractivity contribution in [1.82, 2.24) is 4.98 Å². The molecule has 0 saturated heterocycles. The molecule has 1 fully saturated rings. The van der Waals surface area contributed by atoms with Gasteiger partial charge >= 0.3 is 5.97 Å². The molecule has 1 aliphatic carbocycles. The highest BCUT2D eigenvalue weighted by atomic mass is 16.4. The number of nitrogens with two attached hydrogens (primary N) is 1. The number of carboxylic acids is 1. The van der Waals surface area contributed by atoms with E-state index in [4.69, 9.17) is 5.73 Å². The zero-order valence-electron chi connectivity index (χ0n) is 10.7. The minimum atomic E-state index is -0.845. The van der Waals surface area contributed by atoms with E-state index < -0.39 is 11.4 Å². The van der Waals surface area contributed by atoms with E-state index in [-0.39, 0.29) is 6.54 Å². The van der Waals surface area contributed by atoms with E-state index in [1.165, 1.54) is 0 Å². The lowest BCUT2D eigenvalue weighted by Gasteiger charge is -2.27. The topological polar surface area (TPSA) is 76.2 Å². The van der Waals surface area contributed by atoms with Gasteiger partial charge in [-0.05, 0) is 31.4 Å². The summed E-state index contributed by atoms with van der Waals surface area (Å²) in [6, 6.07) is 5.71. The summed E-state index contributed by atoms with van der Waals surface area (Å²) in [6.45, 7) is 2.09. The first-order chi connectivity index (χ1) is 8.55. The highest BCUT2D eigenvalue weighted by Crippen LogP contribution is 2.41. The summed E-state index contributed by atoms with van der Waals surface area (Å²) in [6.07, 6.45) is 3.37. The molecule has 1 atom stereocenters. The van der Waals surface area contributed by atoms with Gasteiger partial charge in [0.05, 0.1) is 5.41 Å². The van der Waals surface area contributed by atoms with Crippen molar-refractivity contribution in [2.24, 2.45) is 17.1 Å². The van der Waals surface area contributed by atoms with Gasteiger partial charge in [0, 0.05) is 24.4 Å². The summed E-state index contributed by atoms with van der Waals surface area (Å²) in [5.41, 5.74) is 6.65. The van der Waals surface area contributed by atoms with Crippen LogP contribution in [0, 0.1) is 18.3 Å². The van der Waals surface area contributed by atoms with Gasteiger partial charge in [0.2, 0.25) is 0 Å². The van der Waals surface area contributed by atoms with Crippen molar-refractivity contribution in [3.8, 4) is 0 Å². The van der Waals surface area contributed by atoms with Gasteiger partial charge in [-0.1, -0.05) is 18.9 Å². The van der Waals surface area contributed by atoms with Crippen LogP contribution in [0.1, 0.15) is 30.7 Å². The van der Waals surface area contributed by atoms with Crippen molar-refractivity contribution in [3.05, 3.63) is 29.6 Å².